The number of rotatable bonds is 8. The number of hydrogen-bond donors (Lipinski definition) is 1. The number of carbonyl (C=O) groups excluding carboxylic acids is 2. The van der Waals surface area contributed by atoms with Gasteiger partial charge in [0, 0.05) is 10.4 Å². The number of nitrogens with zero attached hydrogens (tertiary/aromatic N) is 3. The molecule has 1 amide bonds. The molecule has 5 aromatic rings. The molecule has 1 unspecified atom stereocenters. The summed E-state index contributed by atoms with van der Waals surface area (Å²) in [4.78, 5) is 31.3. The largest absolute Gasteiger partial charge is 0.469 e. The minimum atomic E-state index is -0.517. The molecule has 9 heteroatoms. The van der Waals surface area contributed by atoms with Crippen LogP contribution in [0.25, 0.3) is 22.3 Å². The zero-order chi connectivity index (χ0) is 24.2. The number of nitrogens with one attached hydrogen (secondary N) is 1. The molecule has 1 aromatic carbocycles. The van der Waals surface area contributed by atoms with Gasteiger partial charge in [-0.05, 0) is 29.6 Å². The number of methoxy groups -OCH3 is 1. The lowest BCUT2D eigenvalue weighted by molar-refractivity contribution is -0.141. The zero-order valence-corrected chi connectivity index (χ0v) is 19.7. The molecule has 8 nitrogen and oxygen atoms in total. The first-order chi connectivity index (χ1) is 17.1. The van der Waals surface area contributed by atoms with Crippen LogP contribution in [0.4, 0.5) is 0 Å². The number of carbonyl (C=O) groups is 2. The number of furan rings is 1. The fourth-order valence-electron chi connectivity index (χ4n) is 3.86. The molecule has 0 radical (unpaired) electrons. The second-order valence-electron chi connectivity index (χ2n) is 7.86. The average molecular weight is 487 g/mol. The van der Waals surface area contributed by atoms with Crippen molar-refractivity contribution in [1.82, 2.24) is 20.1 Å². The molecule has 0 spiro atoms. The quantitative estimate of drug-likeness (QED) is 0.315. The number of aromatic nitrogens is 3. The third-order valence-corrected chi connectivity index (χ3v) is 6.59. The number of ether oxygens (including phenoxy) is 1. The highest BCUT2D eigenvalue weighted by molar-refractivity contribution is 7.10. The van der Waals surface area contributed by atoms with Crippen molar-refractivity contribution in [1.29, 1.82) is 0 Å². The molecule has 0 saturated heterocycles. The molecule has 1 atom stereocenters. The van der Waals surface area contributed by atoms with Gasteiger partial charge in [0.05, 0.1) is 48.7 Å². The lowest BCUT2D eigenvalue weighted by atomic mass is 10.1. The second-order valence-corrected chi connectivity index (χ2v) is 8.84. The van der Waals surface area contributed by atoms with Gasteiger partial charge in [0.1, 0.15) is 12.3 Å². The highest BCUT2D eigenvalue weighted by Crippen LogP contribution is 2.28. The molecular formula is C26H22N4O4S. The van der Waals surface area contributed by atoms with Gasteiger partial charge in [0.15, 0.2) is 5.65 Å². The molecule has 0 aliphatic carbocycles. The molecule has 176 valence electrons. The van der Waals surface area contributed by atoms with Crippen LogP contribution in [0.15, 0.2) is 82.9 Å². The maximum absolute atomic E-state index is 13.6. The predicted molar refractivity (Wildman–Crippen MR) is 132 cm³/mol. The molecule has 4 heterocycles. The third-order valence-electron chi connectivity index (χ3n) is 5.60. The molecular weight excluding hydrogens is 464 g/mol. The fourth-order valence-corrected chi connectivity index (χ4v) is 4.63. The Hall–Kier alpha value is -4.24. The van der Waals surface area contributed by atoms with Crippen LogP contribution in [0.2, 0.25) is 0 Å². The van der Waals surface area contributed by atoms with Gasteiger partial charge in [-0.3, -0.25) is 9.59 Å². The molecule has 35 heavy (non-hydrogen) atoms. The van der Waals surface area contributed by atoms with Crippen molar-refractivity contribution in [3.05, 3.63) is 94.7 Å². The molecule has 1 N–H and O–H groups in total. The first kappa shape index (κ1) is 22.5. The summed E-state index contributed by atoms with van der Waals surface area (Å²) in [6.07, 6.45) is 3.27. The van der Waals surface area contributed by atoms with Crippen LogP contribution in [0.1, 0.15) is 33.5 Å². The van der Waals surface area contributed by atoms with Crippen LogP contribution in [-0.4, -0.2) is 33.8 Å². The van der Waals surface area contributed by atoms with Crippen molar-refractivity contribution >= 4 is 34.2 Å². The average Bonchev–Trinajstić information content (AvgIpc) is 3.67. The summed E-state index contributed by atoms with van der Waals surface area (Å²) in [5.74, 6) is -0.00185. The number of fused-ring (bicyclic) bond motifs is 1. The summed E-state index contributed by atoms with van der Waals surface area (Å²) >= 11 is 1.47. The van der Waals surface area contributed by atoms with E-state index in [2.05, 4.69) is 10.4 Å². The molecule has 0 aliphatic rings. The number of hydrogen-bond acceptors (Lipinski definition) is 7. The van der Waals surface area contributed by atoms with Gasteiger partial charge < -0.3 is 14.5 Å². The molecule has 0 bridgehead atoms. The summed E-state index contributed by atoms with van der Waals surface area (Å²) in [6.45, 7) is 0.378. The van der Waals surface area contributed by atoms with E-state index in [0.717, 1.165) is 16.2 Å². The highest BCUT2D eigenvalue weighted by atomic mass is 32.1. The van der Waals surface area contributed by atoms with Gasteiger partial charge in [-0.25, -0.2) is 9.67 Å². The van der Waals surface area contributed by atoms with E-state index in [1.54, 1.807) is 23.2 Å². The van der Waals surface area contributed by atoms with E-state index >= 15 is 0 Å². The Labute approximate surface area is 205 Å². The Balaban J connectivity index is 1.56. The Morgan fingerprint density at radius 1 is 1.14 bits per heavy atom. The van der Waals surface area contributed by atoms with Gasteiger partial charge in [-0.1, -0.05) is 36.4 Å². The topological polar surface area (TPSA) is 99.2 Å². The number of esters is 1. The fraction of sp³-hybridized carbons (Fsp3) is 0.154. The van der Waals surface area contributed by atoms with E-state index in [-0.39, 0.29) is 12.3 Å². The minimum absolute atomic E-state index is 0.0281. The maximum Gasteiger partial charge on any atom is 0.307 e. The van der Waals surface area contributed by atoms with E-state index in [1.165, 1.54) is 18.4 Å². The van der Waals surface area contributed by atoms with Gasteiger partial charge in [-0.2, -0.15) is 5.10 Å². The monoisotopic (exact) mass is 486 g/mol. The van der Waals surface area contributed by atoms with Crippen molar-refractivity contribution in [3.8, 4) is 11.3 Å². The van der Waals surface area contributed by atoms with Crippen LogP contribution in [0, 0.1) is 0 Å². The summed E-state index contributed by atoms with van der Waals surface area (Å²) < 4.78 is 12.0. The Bertz CT molecular complexity index is 1440. The summed E-state index contributed by atoms with van der Waals surface area (Å²) in [6, 6.07) is 18.3. The number of amides is 1. The Morgan fingerprint density at radius 3 is 2.71 bits per heavy atom. The van der Waals surface area contributed by atoms with Crippen LogP contribution >= 0.6 is 11.3 Å². The smallest absolute Gasteiger partial charge is 0.307 e. The zero-order valence-electron chi connectivity index (χ0n) is 18.9. The standard InChI is InChI=1S/C26H22N4O4S/c1-33-24(31)14-22(23-10-6-12-35-23)29-26(32)19-13-21(17-7-3-2-4-8-17)28-25-20(19)15-27-30(25)16-18-9-5-11-34-18/h2-13,15,22H,14,16H2,1H3,(H,29,32). The van der Waals surface area contributed by atoms with E-state index in [4.69, 9.17) is 14.1 Å². The second kappa shape index (κ2) is 9.94. The Kier molecular flexibility index (Phi) is 6.40. The summed E-state index contributed by atoms with van der Waals surface area (Å²) in [5, 5.41) is 10.0. The highest BCUT2D eigenvalue weighted by Gasteiger charge is 2.24. The van der Waals surface area contributed by atoms with Gasteiger partial charge in [-0.15, -0.1) is 11.3 Å². The van der Waals surface area contributed by atoms with E-state index in [0.29, 0.717) is 28.8 Å². The number of pyridine rings is 1. The first-order valence-electron chi connectivity index (χ1n) is 11.0. The first-order valence-corrected chi connectivity index (χ1v) is 11.9. The number of thiophene rings is 1. The van der Waals surface area contributed by atoms with Crippen LogP contribution in [0.3, 0.4) is 0 Å². The summed E-state index contributed by atoms with van der Waals surface area (Å²) in [7, 11) is 1.33. The van der Waals surface area contributed by atoms with Crippen molar-refractivity contribution in [3.63, 3.8) is 0 Å². The van der Waals surface area contributed by atoms with E-state index < -0.39 is 12.0 Å². The van der Waals surface area contributed by atoms with E-state index in [9.17, 15) is 9.59 Å². The van der Waals surface area contributed by atoms with Gasteiger partial charge in [0.2, 0.25) is 0 Å². The van der Waals surface area contributed by atoms with E-state index in [1.807, 2.05) is 60.0 Å². The minimum Gasteiger partial charge on any atom is -0.469 e. The SMILES string of the molecule is COC(=O)CC(NC(=O)c1cc(-c2ccccc2)nc2c1cnn2Cc1ccco1)c1cccs1. The van der Waals surface area contributed by atoms with Crippen molar-refractivity contribution in [2.24, 2.45) is 0 Å². The normalized spacial score (nSPS) is 11.9. The number of benzene rings is 1. The molecule has 0 saturated carbocycles. The lowest BCUT2D eigenvalue weighted by Crippen LogP contribution is -2.30. The summed E-state index contributed by atoms with van der Waals surface area (Å²) in [5.41, 5.74) is 2.50. The van der Waals surface area contributed by atoms with Crippen LogP contribution < -0.4 is 5.32 Å². The lowest BCUT2D eigenvalue weighted by Gasteiger charge is -2.17. The molecule has 0 aliphatic heterocycles. The van der Waals surface area contributed by atoms with Crippen molar-refractivity contribution in [2.75, 3.05) is 7.11 Å². The Morgan fingerprint density at radius 2 is 2.00 bits per heavy atom. The molecule has 4 aromatic heterocycles. The van der Waals surface area contributed by atoms with Crippen LogP contribution in [0.5, 0.6) is 0 Å². The van der Waals surface area contributed by atoms with Crippen molar-refractivity contribution < 1.29 is 18.7 Å². The maximum atomic E-state index is 13.6. The molecule has 5 rings (SSSR count). The van der Waals surface area contributed by atoms with Gasteiger partial charge in [0.25, 0.3) is 5.91 Å². The molecule has 0 fully saturated rings. The predicted octanol–water partition coefficient (Wildman–Crippen LogP) is 4.84. The van der Waals surface area contributed by atoms with Crippen LogP contribution in [-0.2, 0) is 16.1 Å². The van der Waals surface area contributed by atoms with Gasteiger partial charge >= 0.3 is 5.97 Å². The van der Waals surface area contributed by atoms with Crippen molar-refractivity contribution in [2.45, 2.75) is 19.0 Å². The third kappa shape index (κ3) is 4.85.